The first kappa shape index (κ1) is 19.5. The van der Waals surface area contributed by atoms with Crippen LogP contribution in [-0.2, 0) is 17.4 Å². The fourth-order valence-electron chi connectivity index (χ4n) is 2.77. The summed E-state index contributed by atoms with van der Waals surface area (Å²) in [5.41, 5.74) is 0.350. The van der Waals surface area contributed by atoms with Crippen LogP contribution in [0.3, 0.4) is 0 Å². The Bertz CT molecular complexity index is 855. The van der Waals surface area contributed by atoms with Gasteiger partial charge in [-0.3, -0.25) is 4.79 Å². The first-order chi connectivity index (χ1) is 12.7. The number of nitrogens with one attached hydrogen (secondary N) is 1. The van der Waals surface area contributed by atoms with Crippen LogP contribution in [0.5, 0.6) is 11.5 Å². The Balaban J connectivity index is 1.69. The number of ether oxygens (including phenoxy) is 2. The lowest BCUT2D eigenvalue weighted by molar-refractivity contribution is -0.137. The summed E-state index contributed by atoms with van der Waals surface area (Å²) in [4.78, 5) is 12.4. The van der Waals surface area contributed by atoms with Gasteiger partial charge in [0.15, 0.2) is 11.5 Å². The van der Waals surface area contributed by atoms with E-state index in [0.717, 1.165) is 12.1 Å². The third-order valence-corrected chi connectivity index (χ3v) is 4.89. The van der Waals surface area contributed by atoms with Crippen LogP contribution >= 0.6 is 15.9 Å². The third-order valence-electron chi connectivity index (χ3n) is 4.15. The minimum atomic E-state index is -4.42. The van der Waals surface area contributed by atoms with Gasteiger partial charge >= 0.3 is 6.18 Å². The van der Waals surface area contributed by atoms with Gasteiger partial charge in [-0.25, -0.2) is 0 Å². The van der Waals surface area contributed by atoms with Gasteiger partial charge in [0.1, 0.15) is 13.2 Å². The van der Waals surface area contributed by atoms with Crippen molar-refractivity contribution >= 4 is 21.8 Å². The van der Waals surface area contributed by atoms with E-state index in [1.54, 1.807) is 25.1 Å². The maximum atomic E-state index is 12.8. The summed E-state index contributed by atoms with van der Waals surface area (Å²) in [6.45, 7) is 2.55. The number of carbonyl (C=O) groups is 1. The molecule has 0 radical (unpaired) electrons. The first-order valence-electron chi connectivity index (χ1n) is 8.28. The van der Waals surface area contributed by atoms with Gasteiger partial charge in [0.25, 0.3) is 0 Å². The number of benzene rings is 2. The molecule has 4 nitrogen and oxygen atoms in total. The SMILES string of the molecule is CC(NC(=O)Cc1cc2c(cc1Br)OCCO2)c1cccc(C(F)(F)F)c1. The van der Waals surface area contributed by atoms with Crippen molar-refractivity contribution in [1.29, 1.82) is 0 Å². The minimum Gasteiger partial charge on any atom is -0.486 e. The molecule has 1 amide bonds. The van der Waals surface area contributed by atoms with E-state index in [1.807, 2.05) is 0 Å². The van der Waals surface area contributed by atoms with E-state index < -0.39 is 17.8 Å². The number of amides is 1. The Morgan fingerprint density at radius 3 is 2.52 bits per heavy atom. The zero-order valence-corrected chi connectivity index (χ0v) is 16.0. The molecule has 0 aliphatic carbocycles. The summed E-state index contributed by atoms with van der Waals surface area (Å²) in [6.07, 6.45) is -4.36. The van der Waals surface area contributed by atoms with E-state index in [9.17, 15) is 18.0 Å². The molecule has 8 heteroatoms. The lowest BCUT2D eigenvalue weighted by Gasteiger charge is -2.20. The Kier molecular flexibility index (Phi) is 5.64. The quantitative estimate of drug-likeness (QED) is 0.747. The molecule has 3 rings (SSSR count). The van der Waals surface area contributed by atoms with E-state index in [0.29, 0.717) is 40.3 Å². The van der Waals surface area contributed by atoms with Crippen LogP contribution in [-0.4, -0.2) is 19.1 Å². The molecule has 0 aromatic heterocycles. The molecular weight excluding hydrogens is 427 g/mol. The number of hydrogen-bond donors (Lipinski definition) is 1. The molecule has 1 heterocycles. The van der Waals surface area contributed by atoms with E-state index >= 15 is 0 Å². The van der Waals surface area contributed by atoms with Crippen molar-refractivity contribution < 1.29 is 27.4 Å². The third kappa shape index (κ3) is 4.74. The molecular formula is C19H17BrF3NO3. The maximum Gasteiger partial charge on any atom is 0.416 e. The minimum absolute atomic E-state index is 0.0561. The van der Waals surface area contributed by atoms with Gasteiger partial charge in [-0.05, 0) is 42.3 Å². The Hall–Kier alpha value is -2.22. The molecule has 0 spiro atoms. The number of halogens is 4. The van der Waals surface area contributed by atoms with Gasteiger partial charge in [-0.1, -0.05) is 28.1 Å². The fourth-order valence-corrected chi connectivity index (χ4v) is 3.24. The lowest BCUT2D eigenvalue weighted by atomic mass is 10.0. The lowest BCUT2D eigenvalue weighted by Crippen LogP contribution is -2.28. The highest BCUT2D eigenvalue weighted by Crippen LogP contribution is 2.36. The van der Waals surface area contributed by atoms with Gasteiger partial charge in [0, 0.05) is 4.47 Å². The van der Waals surface area contributed by atoms with Crippen LogP contribution < -0.4 is 14.8 Å². The molecule has 0 fully saturated rings. The number of alkyl halides is 3. The normalized spacial score (nSPS) is 14.6. The summed E-state index contributed by atoms with van der Waals surface area (Å²) in [5, 5.41) is 2.73. The van der Waals surface area contributed by atoms with Crippen molar-refractivity contribution in [2.45, 2.75) is 25.6 Å². The van der Waals surface area contributed by atoms with Crippen molar-refractivity contribution in [3.05, 3.63) is 57.6 Å². The maximum absolute atomic E-state index is 12.8. The molecule has 2 aromatic rings. The second kappa shape index (κ2) is 7.80. The average Bonchev–Trinajstić information content (AvgIpc) is 2.61. The van der Waals surface area contributed by atoms with E-state index in [1.165, 1.54) is 6.07 Å². The van der Waals surface area contributed by atoms with Crippen LogP contribution in [0.25, 0.3) is 0 Å². The second-order valence-electron chi connectivity index (χ2n) is 6.18. The van der Waals surface area contributed by atoms with Crippen molar-refractivity contribution in [1.82, 2.24) is 5.32 Å². The topological polar surface area (TPSA) is 47.6 Å². The van der Waals surface area contributed by atoms with Gasteiger partial charge in [-0.15, -0.1) is 0 Å². The Labute approximate surface area is 162 Å². The number of fused-ring (bicyclic) bond motifs is 1. The summed E-state index contributed by atoms with van der Waals surface area (Å²) in [5.74, 6) is 0.866. The van der Waals surface area contributed by atoms with E-state index in [4.69, 9.17) is 9.47 Å². The average molecular weight is 444 g/mol. The highest BCUT2D eigenvalue weighted by Gasteiger charge is 2.30. The molecule has 1 aliphatic heterocycles. The summed E-state index contributed by atoms with van der Waals surface area (Å²) in [6, 6.07) is 7.85. The van der Waals surface area contributed by atoms with Crippen LogP contribution in [0.4, 0.5) is 13.2 Å². The predicted molar refractivity (Wildman–Crippen MR) is 96.8 cm³/mol. The van der Waals surface area contributed by atoms with Crippen LogP contribution in [0.1, 0.15) is 29.7 Å². The highest BCUT2D eigenvalue weighted by molar-refractivity contribution is 9.10. The number of rotatable bonds is 4. The van der Waals surface area contributed by atoms with Crippen molar-refractivity contribution in [2.75, 3.05) is 13.2 Å². The Morgan fingerprint density at radius 2 is 1.85 bits per heavy atom. The summed E-state index contributed by atoms with van der Waals surface area (Å²) < 4.78 is 50.2. The molecule has 1 atom stereocenters. The summed E-state index contributed by atoms with van der Waals surface area (Å²) >= 11 is 3.41. The molecule has 1 unspecified atom stereocenters. The van der Waals surface area contributed by atoms with Gasteiger partial charge in [-0.2, -0.15) is 13.2 Å². The molecule has 0 saturated heterocycles. The van der Waals surface area contributed by atoms with Crippen molar-refractivity contribution in [3.63, 3.8) is 0 Å². The molecule has 2 aromatic carbocycles. The number of carbonyl (C=O) groups excluding carboxylic acids is 1. The zero-order valence-electron chi connectivity index (χ0n) is 14.4. The van der Waals surface area contributed by atoms with Crippen LogP contribution in [0.15, 0.2) is 40.9 Å². The second-order valence-corrected chi connectivity index (χ2v) is 7.03. The smallest absolute Gasteiger partial charge is 0.416 e. The van der Waals surface area contributed by atoms with Crippen molar-refractivity contribution in [2.24, 2.45) is 0 Å². The van der Waals surface area contributed by atoms with E-state index in [2.05, 4.69) is 21.2 Å². The van der Waals surface area contributed by atoms with Gasteiger partial charge < -0.3 is 14.8 Å². The first-order valence-corrected chi connectivity index (χ1v) is 9.08. The Morgan fingerprint density at radius 1 is 1.19 bits per heavy atom. The predicted octanol–water partition coefficient (Wildman–Crippen LogP) is 4.66. The van der Waals surface area contributed by atoms with E-state index in [-0.39, 0.29) is 12.3 Å². The highest BCUT2D eigenvalue weighted by atomic mass is 79.9. The molecule has 144 valence electrons. The molecule has 1 N–H and O–H groups in total. The van der Waals surface area contributed by atoms with Crippen LogP contribution in [0, 0.1) is 0 Å². The van der Waals surface area contributed by atoms with Gasteiger partial charge in [0.2, 0.25) is 5.91 Å². The standard InChI is InChI=1S/C19H17BrF3NO3/c1-11(12-3-2-4-14(7-12)19(21,22)23)24-18(25)9-13-8-16-17(10-15(13)20)27-6-5-26-16/h2-4,7-8,10-11H,5-6,9H2,1H3,(H,24,25). The molecule has 27 heavy (non-hydrogen) atoms. The fraction of sp³-hybridized carbons (Fsp3) is 0.316. The molecule has 1 aliphatic rings. The monoisotopic (exact) mass is 443 g/mol. The number of hydrogen-bond acceptors (Lipinski definition) is 3. The molecule has 0 bridgehead atoms. The van der Waals surface area contributed by atoms with Crippen molar-refractivity contribution in [3.8, 4) is 11.5 Å². The van der Waals surface area contributed by atoms with Gasteiger partial charge in [0.05, 0.1) is 18.0 Å². The van der Waals surface area contributed by atoms with Crippen LogP contribution in [0.2, 0.25) is 0 Å². The largest absolute Gasteiger partial charge is 0.486 e. The zero-order chi connectivity index (χ0) is 19.6. The molecule has 0 saturated carbocycles. The summed E-state index contributed by atoms with van der Waals surface area (Å²) in [7, 11) is 0.